The number of piperidine rings is 1. The van der Waals surface area contributed by atoms with E-state index in [2.05, 4.69) is 15.6 Å². The molecule has 1 aromatic heterocycles. The first kappa shape index (κ1) is 13.9. The molecule has 1 fully saturated rings. The highest BCUT2D eigenvalue weighted by molar-refractivity contribution is 6.08. The van der Waals surface area contributed by atoms with Crippen LogP contribution in [-0.2, 0) is 0 Å². The predicted octanol–water partition coefficient (Wildman–Crippen LogP) is 1.88. The molecular weight excluding hydrogens is 271 g/mol. The van der Waals surface area contributed by atoms with Crippen LogP contribution in [0.25, 0.3) is 0 Å². The molecule has 21 heavy (non-hydrogen) atoms. The summed E-state index contributed by atoms with van der Waals surface area (Å²) in [6.45, 7) is 3.66. The average Bonchev–Trinajstić information content (AvgIpc) is 3.00. The van der Waals surface area contributed by atoms with Gasteiger partial charge in [-0.05, 0) is 50.6 Å². The summed E-state index contributed by atoms with van der Waals surface area (Å²) >= 11 is 0. The van der Waals surface area contributed by atoms with E-state index in [1.165, 1.54) is 12.1 Å². The molecule has 2 heterocycles. The molecule has 5 nitrogen and oxygen atoms in total. The van der Waals surface area contributed by atoms with Gasteiger partial charge in [-0.2, -0.15) is 0 Å². The normalized spacial score (nSPS) is 16.1. The Balaban J connectivity index is 1.85. The quantitative estimate of drug-likeness (QED) is 0.876. The average molecular weight is 288 g/mol. The Kier molecular flexibility index (Phi) is 3.79. The number of ketones is 1. The van der Waals surface area contributed by atoms with Crippen molar-refractivity contribution in [3.05, 3.63) is 47.0 Å². The topological polar surface area (TPSA) is 59.8 Å². The molecule has 1 N–H and O–H groups in total. The van der Waals surface area contributed by atoms with Gasteiger partial charge in [0.15, 0.2) is 5.69 Å². The summed E-state index contributed by atoms with van der Waals surface area (Å²) in [6, 6.07) is 4.47. The lowest BCUT2D eigenvalue weighted by atomic mass is 10.0. The van der Waals surface area contributed by atoms with Crippen molar-refractivity contribution in [1.29, 1.82) is 0 Å². The third kappa shape index (κ3) is 2.85. The van der Waals surface area contributed by atoms with Crippen LogP contribution in [0.3, 0.4) is 0 Å². The van der Waals surface area contributed by atoms with Crippen LogP contribution >= 0.6 is 0 Å². The van der Waals surface area contributed by atoms with Crippen LogP contribution in [0.4, 0.5) is 4.39 Å². The lowest BCUT2D eigenvalue weighted by Crippen LogP contribution is -2.29. The summed E-state index contributed by atoms with van der Waals surface area (Å²) in [6.07, 6.45) is 3.61. The van der Waals surface area contributed by atoms with E-state index in [-0.39, 0.29) is 17.5 Å². The van der Waals surface area contributed by atoms with Gasteiger partial charge < -0.3 is 5.32 Å². The standard InChI is InChI=1S/C15H17FN4O/c1-10-2-3-11(16)8-13(10)15(21)14-9-20(19-18-14)12-4-6-17-7-5-12/h2-3,8-9,12,17H,4-7H2,1H3. The number of carbonyl (C=O) groups excluding carboxylic acids is 1. The third-order valence-corrected chi connectivity index (χ3v) is 3.87. The highest BCUT2D eigenvalue weighted by Gasteiger charge is 2.20. The molecule has 0 aliphatic carbocycles. The van der Waals surface area contributed by atoms with Crippen molar-refractivity contribution in [2.24, 2.45) is 0 Å². The molecule has 0 amide bonds. The van der Waals surface area contributed by atoms with Gasteiger partial charge >= 0.3 is 0 Å². The van der Waals surface area contributed by atoms with Crippen LogP contribution < -0.4 is 5.32 Å². The first-order valence-corrected chi connectivity index (χ1v) is 7.08. The van der Waals surface area contributed by atoms with Crippen molar-refractivity contribution >= 4 is 5.78 Å². The van der Waals surface area contributed by atoms with Gasteiger partial charge in [0.25, 0.3) is 0 Å². The number of benzene rings is 1. The molecule has 0 unspecified atom stereocenters. The van der Waals surface area contributed by atoms with E-state index in [0.717, 1.165) is 31.5 Å². The molecule has 0 bridgehead atoms. The molecule has 1 saturated heterocycles. The van der Waals surface area contributed by atoms with Gasteiger partial charge in [0, 0.05) is 5.56 Å². The number of nitrogens with one attached hydrogen (secondary N) is 1. The Morgan fingerprint density at radius 3 is 2.90 bits per heavy atom. The minimum absolute atomic E-state index is 0.266. The molecule has 1 aliphatic rings. The number of nitrogens with zero attached hydrogens (tertiary/aromatic N) is 3. The second-order valence-electron chi connectivity index (χ2n) is 5.35. The smallest absolute Gasteiger partial charge is 0.215 e. The third-order valence-electron chi connectivity index (χ3n) is 3.87. The predicted molar refractivity (Wildman–Crippen MR) is 75.7 cm³/mol. The molecule has 1 aromatic carbocycles. The monoisotopic (exact) mass is 288 g/mol. The summed E-state index contributed by atoms with van der Waals surface area (Å²) in [5.74, 6) is -0.707. The van der Waals surface area contributed by atoms with Crippen molar-refractivity contribution in [2.45, 2.75) is 25.8 Å². The molecule has 3 rings (SSSR count). The lowest BCUT2D eigenvalue weighted by Gasteiger charge is -2.22. The maximum absolute atomic E-state index is 13.3. The molecular formula is C15H17FN4O. The van der Waals surface area contributed by atoms with E-state index >= 15 is 0 Å². The fourth-order valence-corrected chi connectivity index (χ4v) is 2.61. The number of carbonyl (C=O) groups is 1. The van der Waals surface area contributed by atoms with Crippen LogP contribution in [-0.4, -0.2) is 33.9 Å². The Labute approximate surface area is 122 Å². The van der Waals surface area contributed by atoms with Gasteiger partial charge in [-0.25, -0.2) is 9.07 Å². The van der Waals surface area contributed by atoms with E-state index in [1.807, 2.05) is 0 Å². The maximum atomic E-state index is 13.3. The fraction of sp³-hybridized carbons (Fsp3) is 0.400. The van der Waals surface area contributed by atoms with Gasteiger partial charge in [-0.15, -0.1) is 5.10 Å². The van der Waals surface area contributed by atoms with Crippen LogP contribution in [0.2, 0.25) is 0 Å². The molecule has 2 aromatic rings. The Hall–Kier alpha value is -2.08. The number of rotatable bonds is 3. The van der Waals surface area contributed by atoms with Crippen LogP contribution in [0.1, 0.15) is 40.5 Å². The lowest BCUT2D eigenvalue weighted by molar-refractivity contribution is 0.103. The number of halogens is 1. The second-order valence-corrected chi connectivity index (χ2v) is 5.35. The van der Waals surface area contributed by atoms with Crippen molar-refractivity contribution in [1.82, 2.24) is 20.3 Å². The van der Waals surface area contributed by atoms with Crippen LogP contribution in [0, 0.1) is 12.7 Å². The zero-order valence-corrected chi connectivity index (χ0v) is 11.8. The highest BCUT2D eigenvalue weighted by atomic mass is 19.1. The van der Waals surface area contributed by atoms with E-state index in [1.54, 1.807) is 23.9 Å². The van der Waals surface area contributed by atoms with E-state index in [4.69, 9.17) is 0 Å². The van der Waals surface area contributed by atoms with Crippen molar-refractivity contribution in [3.8, 4) is 0 Å². The Bertz CT molecular complexity index is 661. The summed E-state index contributed by atoms with van der Waals surface area (Å²) in [5, 5.41) is 11.3. The van der Waals surface area contributed by atoms with Gasteiger partial charge in [0.2, 0.25) is 5.78 Å². The molecule has 6 heteroatoms. The summed E-state index contributed by atoms with van der Waals surface area (Å²) < 4.78 is 15.1. The van der Waals surface area contributed by atoms with E-state index in [9.17, 15) is 9.18 Å². The molecule has 0 spiro atoms. The van der Waals surface area contributed by atoms with Gasteiger partial charge in [-0.3, -0.25) is 4.79 Å². The molecule has 0 saturated carbocycles. The summed E-state index contributed by atoms with van der Waals surface area (Å²) in [4.78, 5) is 12.4. The number of hydrogen-bond donors (Lipinski definition) is 1. The van der Waals surface area contributed by atoms with Gasteiger partial charge in [0.05, 0.1) is 12.2 Å². The summed E-state index contributed by atoms with van der Waals surface area (Å²) in [5.41, 5.74) is 1.34. The van der Waals surface area contributed by atoms with Crippen molar-refractivity contribution in [2.75, 3.05) is 13.1 Å². The second kappa shape index (κ2) is 5.73. The number of aryl methyl sites for hydroxylation is 1. The van der Waals surface area contributed by atoms with Gasteiger partial charge in [0.1, 0.15) is 5.82 Å². The largest absolute Gasteiger partial charge is 0.317 e. The first-order chi connectivity index (χ1) is 10.1. The highest BCUT2D eigenvalue weighted by Crippen LogP contribution is 2.19. The minimum atomic E-state index is -0.422. The van der Waals surface area contributed by atoms with Crippen LogP contribution in [0.5, 0.6) is 0 Å². The first-order valence-electron chi connectivity index (χ1n) is 7.08. The van der Waals surface area contributed by atoms with Crippen molar-refractivity contribution in [3.63, 3.8) is 0 Å². The van der Waals surface area contributed by atoms with E-state index < -0.39 is 5.82 Å². The molecule has 110 valence electrons. The molecule has 0 atom stereocenters. The van der Waals surface area contributed by atoms with Crippen LogP contribution in [0.15, 0.2) is 24.4 Å². The van der Waals surface area contributed by atoms with Crippen molar-refractivity contribution < 1.29 is 9.18 Å². The fourth-order valence-electron chi connectivity index (χ4n) is 2.61. The number of hydrogen-bond acceptors (Lipinski definition) is 4. The summed E-state index contributed by atoms with van der Waals surface area (Å²) in [7, 11) is 0. The minimum Gasteiger partial charge on any atom is -0.317 e. The van der Waals surface area contributed by atoms with E-state index in [0.29, 0.717) is 5.56 Å². The zero-order valence-electron chi connectivity index (χ0n) is 11.8. The number of aromatic nitrogens is 3. The van der Waals surface area contributed by atoms with Gasteiger partial charge in [-0.1, -0.05) is 11.3 Å². The molecule has 0 radical (unpaired) electrons. The maximum Gasteiger partial charge on any atom is 0.215 e. The molecule has 1 aliphatic heterocycles. The Morgan fingerprint density at radius 1 is 1.38 bits per heavy atom. The zero-order chi connectivity index (χ0) is 14.8. The SMILES string of the molecule is Cc1ccc(F)cc1C(=O)c1cn(C2CCNCC2)nn1. The Morgan fingerprint density at radius 2 is 2.14 bits per heavy atom.